The third-order valence-corrected chi connectivity index (χ3v) is 7.15. The third-order valence-electron chi connectivity index (χ3n) is 7.15. The number of phenolic OH excluding ortho intramolecular Hbond substituents is 1. The molecule has 0 radical (unpaired) electrons. The summed E-state index contributed by atoms with van der Waals surface area (Å²) in [6.07, 6.45) is -2.15. The number of hydrogen-bond donors (Lipinski definition) is 1. The van der Waals surface area contributed by atoms with Crippen molar-refractivity contribution < 1.29 is 32.6 Å². The molecule has 8 nitrogen and oxygen atoms in total. The van der Waals surface area contributed by atoms with Gasteiger partial charge >= 0.3 is 12.3 Å². The van der Waals surface area contributed by atoms with Crippen molar-refractivity contribution >= 4 is 29.0 Å². The van der Waals surface area contributed by atoms with E-state index >= 15 is 0 Å². The molecule has 2 aliphatic rings. The maximum absolute atomic E-state index is 13.1. The predicted molar refractivity (Wildman–Crippen MR) is 155 cm³/mol. The van der Waals surface area contributed by atoms with Gasteiger partial charge in [0.2, 0.25) is 0 Å². The molecule has 226 valence electrons. The molecule has 2 aliphatic heterocycles. The van der Waals surface area contributed by atoms with Crippen LogP contribution in [-0.4, -0.2) is 82.4 Å². The molecule has 42 heavy (non-hydrogen) atoms. The first-order valence-electron chi connectivity index (χ1n) is 13.9. The van der Waals surface area contributed by atoms with Crippen LogP contribution in [0.1, 0.15) is 50.8 Å². The number of piperazine rings is 1. The second-order valence-electron chi connectivity index (χ2n) is 11.6. The fourth-order valence-electron chi connectivity index (χ4n) is 4.86. The zero-order chi connectivity index (χ0) is 30.7. The first-order chi connectivity index (χ1) is 19.7. The normalized spacial score (nSPS) is 17.2. The standard InChI is InChI=1S/C31H37F3N4O4/c1-21(28(40)37-17-15-36(16-18-37)20-22-5-8-25(9-6-22)31(32,33)34)35-26-19-24(7-10-27(26)39)23-11-13-38(14-12-23)29(41)42-30(2,3)4/h5-11,19,39H,12-18,20H2,1-4H3. The van der Waals surface area contributed by atoms with Crippen molar-refractivity contribution in [2.24, 2.45) is 4.99 Å². The average Bonchev–Trinajstić information content (AvgIpc) is 2.93. The summed E-state index contributed by atoms with van der Waals surface area (Å²) in [6, 6.07) is 10.2. The zero-order valence-corrected chi connectivity index (χ0v) is 24.4. The van der Waals surface area contributed by atoms with Crippen molar-refractivity contribution in [3.05, 3.63) is 65.2 Å². The molecule has 2 aromatic carbocycles. The zero-order valence-electron chi connectivity index (χ0n) is 24.4. The van der Waals surface area contributed by atoms with Gasteiger partial charge in [0, 0.05) is 45.8 Å². The Labute approximate surface area is 244 Å². The highest BCUT2D eigenvalue weighted by Gasteiger charge is 2.30. The minimum absolute atomic E-state index is 0.0425. The molecule has 1 N–H and O–H groups in total. The molecule has 0 unspecified atom stereocenters. The Morgan fingerprint density at radius 2 is 1.62 bits per heavy atom. The highest BCUT2D eigenvalue weighted by Crippen LogP contribution is 2.33. The van der Waals surface area contributed by atoms with Crippen LogP contribution in [0.5, 0.6) is 5.75 Å². The molecule has 4 rings (SSSR count). The number of aliphatic imine (C=N–C) groups is 1. The van der Waals surface area contributed by atoms with Crippen molar-refractivity contribution in [2.75, 3.05) is 39.3 Å². The first-order valence-corrected chi connectivity index (χ1v) is 13.9. The molecule has 0 spiro atoms. The number of aromatic hydroxyl groups is 1. The number of carbonyl (C=O) groups excluding carboxylic acids is 2. The number of rotatable bonds is 5. The number of phenols is 1. The van der Waals surface area contributed by atoms with Gasteiger partial charge in [0.05, 0.1) is 5.56 Å². The van der Waals surface area contributed by atoms with E-state index < -0.39 is 17.3 Å². The predicted octanol–water partition coefficient (Wildman–Crippen LogP) is 5.87. The summed E-state index contributed by atoms with van der Waals surface area (Å²) in [7, 11) is 0. The second kappa shape index (κ2) is 12.6. The van der Waals surface area contributed by atoms with Crippen LogP contribution in [0.3, 0.4) is 0 Å². The Bertz CT molecular complexity index is 1360. The van der Waals surface area contributed by atoms with E-state index in [0.717, 1.165) is 28.8 Å². The summed E-state index contributed by atoms with van der Waals surface area (Å²) < 4.78 is 43.9. The van der Waals surface area contributed by atoms with Crippen LogP contribution in [0.15, 0.2) is 53.5 Å². The number of hydrogen-bond acceptors (Lipinski definition) is 6. The number of alkyl halides is 3. The van der Waals surface area contributed by atoms with Crippen LogP contribution < -0.4 is 0 Å². The van der Waals surface area contributed by atoms with Gasteiger partial charge in [-0.15, -0.1) is 0 Å². The van der Waals surface area contributed by atoms with Crippen molar-refractivity contribution in [1.82, 2.24) is 14.7 Å². The van der Waals surface area contributed by atoms with Gasteiger partial charge in [-0.1, -0.05) is 24.3 Å². The monoisotopic (exact) mass is 586 g/mol. The fourth-order valence-corrected chi connectivity index (χ4v) is 4.86. The smallest absolute Gasteiger partial charge is 0.416 e. The largest absolute Gasteiger partial charge is 0.506 e. The quantitative estimate of drug-likeness (QED) is 0.443. The molecule has 2 amide bonds. The molecule has 0 bridgehead atoms. The second-order valence-corrected chi connectivity index (χ2v) is 11.6. The van der Waals surface area contributed by atoms with Crippen molar-refractivity contribution in [3.8, 4) is 5.75 Å². The van der Waals surface area contributed by atoms with E-state index in [0.29, 0.717) is 52.2 Å². The Balaban J connectivity index is 1.34. The van der Waals surface area contributed by atoms with E-state index in [1.807, 2.05) is 26.8 Å². The van der Waals surface area contributed by atoms with Gasteiger partial charge in [-0.25, -0.2) is 9.79 Å². The van der Waals surface area contributed by atoms with Crippen molar-refractivity contribution in [2.45, 2.75) is 52.4 Å². The van der Waals surface area contributed by atoms with Gasteiger partial charge in [0.25, 0.3) is 5.91 Å². The van der Waals surface area contributed by atoms with Crippen LogP contribution in [0.25, 0.3) is 5.57 Å². The Hall–Kier alpha value is -3.86. The number of halogens is 3. The molecule has 1 fully saturated rings. The summed E-state index contributed by atoms with van der Waals surface area (Å²) in [4.78, 5) is 35.4. The number of benzene rings is 2. The molecule has 0 aliphatic carbocycles. The number of carbonyl (C=O) groups is 2. The lowest BCUT2D eigenvalue weighted by molar-refractivity contribution is -0.137. The van der Waals surface area contributed by atoms with Crippen molar-refractivity contribution in [3.63, 3.8) is 0 Å². The fraction of sp³-hybridized carbons (Fsp3) is 0.452. The van der Waals surface area contributed by atoms with Crippen LogP contribution in [-0.2, 0) is 22.3 Å². The lowest BCUT2D eigenvalue weighted by Crippen LogP contribution is -2.49. The first kappa shape index (κ1) is 31.1. The maximum atomic E-state index is 13.1. The Morgan fingerprint density at radius 3 is 2.19 bits per heavy atom. The molecule has 0 saturated carbocycles. The topological polar surface area (TPSA) is 85.7 Å². The molecule has 2 aromatic rings. The van der Waals surface area contributed by atoms with Gasteiger partial charge in [-0.2, -0.15) is 13.2 Å². The maximum Gasteiger partial charge on any atom is 0.416 e. The molecular weight excluding hydrogens is 549 g/mol. The highest BCUT2D eigenvalue weighted by atomic mass is 19.4. The third kappa shape index (κ3) is 8.12. The molecule has 2 heterocycles. The summed E-state index contributed by atoms with van der Waals surface area (Å²) in [5, 5.41) is 10.4. The minimum atomic E-state index is -4.36. The lowest BCUT2D eigenvalue weighted by atomic mass is 9.99. The summed E-state index contributed by atoms with van der Waals surface area (Å²) in [5.74, 6) is -0.280. The summed E-state index contributed by atoms with van der Waals surface area (Å²) in [5.41, 5.74) is 1.94. The van der Waals surface area contributed by atoms with Crippen LogP contribution >= 0.6 is 0 Å². The highest BCUT2D eigenvalue weighted by molar-refractivity contribution is 6.38. The number of nitrogens with zero attached hydrogens (tertiary/aromatic N) is 4. The molecule has 11 heteroatoms. The van der Waals surface area contributed by atoms with Crippen LogP contribution in [0.4, 0.5) is 23.7 Å². The van der Waals surface area contributed by atoms with E-state index in [4.69, 9.17) is 4.74 Å². The summed E-state index contributed by atoms with van der Waals surface area (Å²) in [6.45, 7) is 10.6. The van der Waals surface area contributed by atoms with Gasteiger partial charge in [0.1, 0.15) is 22.7 Å². The molecule has 1 saturated heterocycles. The van der Waals surface area contributed by atoms with E-state index in [9.17, 15) is 27.9 Å². The van der Waals surface area contributed by atoms with Gasteiger partial charge in [-0.05, 0) is 75.1 Å². The average molecular weight is 587 g/mol. The number of ether oxygens (including phenoxy) is 1. The van der Waals surface area contributed by atoms with Crippen LogP contribution in [0.2, 0.25) is 0 Å². The Morgan fingerprint density at radius 1 is 0.952 bits per heavy atom. The minimum Gasteiger partial charge on any atom is -0.506 e. The van der Waals surface area contributed by atoms with E-state index in [-0.39, 0.29) is 29.1 Å². The van der Waals surface area contributed by atoms with Gasteiger partial charge < -0.3 is 19.6 Å². The SMILES string of the molecule is CC(=Nc1cc(C2=CCN(C(=O)OC(C)(C)C)CC2)ccc1O)C(=O)N1CCN(Cc2ccc(C(F)(F)F)cc2)CC1. The molecule has 0 atom stereocenters. The van der Waals surface area contributed by atoms with Crippen LogP contribution in [0, 0.1) is 0 Å². The van der Waals surface area contributed by atoms with E-state index in [1.54, 1.807) is 34.9 Å². The number of amides is 2. The lowest BCUT2D eigenvalue weighted by Gasteiger charge is -2.34. The molecule has 0 aromatic heterocycles. The van der Waals surface area contributed by atoms with Crippen molar-refractivity contribution in [1.29, 1.82) is 0 Å². The Kier molecular flexibility index (Phi) is 9.30. The van der Waals surface area contributed by atoms with E-state index in [2.05, 4.69) is 9.89 Å². The van der Waals surface area contributed by atoms with Gasteiger partial charge in [0.15, 0.2) is 0 Å². The summed E-state index contributed by atoms with van der Waals surface area (Å²) >= 11 is 0. The van der Waals surface area contributed by atoms with Gasteiger partial charge in [-0.3, -0.25) is 9.69 Å². The van der Waals surface area contributed by atoms with E-state index in [1.165, 1.54) is 12.1 Å². The molecular formula is C31H37F3N4O4.